The lowest BCUT2D eigenvalue weighted by Gasteiger charge is -2.17. The predicted molar refractivity (Wildman–Crippen MR) is 69.7 cm³/mol. The van der Waals surface area contributed by atoms with Crippen LogP contribution in [0, 0.1) is 11.7 Å². The van der Waals surface area contributed by atoms with E-state index in [-0.39, 0.29) is 23.2 Å². The van der Waals surface area contributed by atoms with Crippen LogP contribution >= 0.6 is 11.6 Å². The summed E-state index contributed by atoms with van der Waals surface area (Å²) >= 11 is 5.97. The molecule has 6 heteroatoms. The van der Waals surface area contributed by atoms with Crippen LogP contribution < -0.4 is 5.73 Å². The molecule has 2 atom stereocenters. The zero-order valence-electron chi connectivity index (χ0n) is 9.77. The lowest BCUT2D eigenvalue weighted by Crippen LogP contribution is -2.17. The van der Waals surface area contributed by atoms with Crippen molar-refractivity contribution >= 4 is 21.4 Å². The van der Waals surface area contributed by atoms with E-state index in [1.807, 2.05) is 0 Å². The zero-order valence-corrected chi connectivity index (χ0v) is 11.3. The van der Waals surface area contributed by atoms with Crippen LogP contribution in [0.2, 0.25) is 5.02 Å². The smallest absolute Gasteiger partial charge is 0.150 e. The maximum atomic E-state index is 13.1. The molecule has 1 aliphatic heterocycles. The minimum absolute atomic E-state index is 0.0457. The van der Waals surface area contributed by atoms with Gasteiger partial charge in [0.05, 0.1) is 11.5 Å². The Morgan fingerprint density at radius 3 is 2.83 bits per heavy atom. The Labute approximate surface area is 111 Å². The van der Waals surface area contributed by atoms with E-state index in [0.29, 0.717) is 23.4 Å². The topological polar surface area (TPSA) is 60.2 Å². The Hall–Kier alpha value is -0.650. The summed E-state index contributed by atoms with van der Waals surface area (Å²) in [6.45, 7) is 0. The average Bonchev–Trinajstić information content (AvgIpc) is 2.61. The van der Waals surface area contributed by atoms with Gasteiger partial charge in [-0.05, 0) is 42.5 Å². The van der Waals surface area contributed by atoms with Crippen molar-refractivity contribution in [1.82, 2.24) is 0 Å². The SMILES string of the molecule is NC(CC1CCS(=O)(=O)C1)c1cc(F)ccc1Cl. The molecule has 2 unspecified atom stereocenters. The maximum Gasteiger partial charge on any atom is 0.150 e. The molecule has 0 saturated carbocycles. The summed E-state index contributed by atoms with van der Waals surface area (Å²) in [6.07, 6.45) is 1.14. The van der Waals surface area contributed by atoms with E-state index in [1.165, 1.54) is 18.2 Å². The minimum atomic E-state index is -2.90. The summed E-state index contributed by atoms with van der Waals surface area (Å²) in [5.74, 6) is 0.0581. The Bertz CT molecular complexity index is 547. The molecule has 0 bridgehead atoms. The fourth-order valence-corrected chi connectivity index (χ4v) is 4.48. The van der Waals surface area contributed by atoms with E-state index in [2.05, 4.69) is 0 Å². The van der Waals surface area contributed by atoms with E-state index in [9.17, 15) is 12.8 Å². The largest absolute Gasteiger partial charge is 0.324 e. The molecular formula is C12H15ClFNO2S. The number of sulfone groups is 1. The van der Waals surface area contributed by atoms with E-state index in [1.54, 1.807) is 0 Å². The van der Waals surface area contributed by atoms with Gasteiger partial charge in [-0.15, -0.1) is 0 Å². The first-order chi connectivity index (χ1) is 8.37. The standard InChI is InChI=1S/C12H15ClFNO2S/c13-11-2-1-9(14)6-10(11)12(15)5-8-3-4-18(16,17)7-8/h1-2,6,8,12H,3-5,7,15H2. The number of nitrogens with two attached hydrogens (primary N) is 1. The normalized spacial score (nSPS) is 24.1. The molecule has 1 saturated heterocycles. The third kappa shape index (κ3) is 3.22. The molecule has 0 radical (unpaired) electrons. The fourth-order valence-electron chi connectivity index (χ4n) is 2.34. The third-order valence-electron chi connectivity index (χ3n) is 3.27. The first-order valence-electron chi connectivity index (χ1n) is 5.78. The molecule has 1 aromatic carbocycles. The summed E-state index contributed by atoms with van der Waals surface area (Å²) in [6, 6.07) is 3.64. The van der Waals surface area contributed by atoms with Gasteiger partial charge in [-0.25, -0.2) is 12.8 Å². The minimum Gasteiger partial charge on any atom is -0.324 e. The van der Waals surface area contributed by atoms with Crippen molar-refractivity contribution in [2.45, 2.75) is 18.9 Å². The predicted octanol–water partition coefficient (Wildman–Crippen LogP) is 2.30. The van der Waals surface area contributed by atoms with Crippen molar-refractivity contribution in [2.24, 2.45) is 11.7 Å². The highest BCUT2D eigenvalue weighted by atomic mass is 35.5. The van der Waals surface area contributed by atoms with E-state index >= 15 is 0 Å². The van der Waals surface area contributed by atoms with E-state index in [4.69, 9.17) is 17.3 Å². The van der Waals surface area contributed by atoms with Crippen LogP contribution in [-0.4, -0.2) is 19.9 Å². The van der Waals surface area contributed by atoms with Crippen molar-refractivity contribution in [3.05, 3.63) is 34.6 Å². The second-order valence-corrected chi connectivity index (χ2v) is 7.41. The van der Waals surface area contributed by atoms with Gasteiger partial charge in [0.15, 0.2) is 9.84 Å². The molecule has 1 aromatic rings. The van der Waals surface area contributed by atoms with Crippen molar-refractivity contribution < 1.29 is 12.8 Å². The number of rotatable bonds is 3. The second kappa shape index (κ2) is 5.15. The van der Waals surface area contributed by atoms with Gasteiger partial charge >= 0.3 is 0 Å². The van der Waals surface area contributed by atoms with Gasteiger partial charge in [0.25, 0.3) is 0 Å². The summed E-state index contributed by atoms with van der Waals surface area (Å²) in [5.41, 5.74) is 6.53. The molecule has 0 aromatic heterocycles. The van der Waals surface area contributed by atoms with Crippen LogP contribution in [0.15, 0.2) is 18.2 Å². The number of hydrogen-bond acceptors (Lipinski definition) is 3. The van der Waals surface area contributed by atoms with Gasteiger partial charge in [0.2, 0.25) is 0 Å². The maximum absolute atomic E-state index is 13.1. The molecule has 1 aliphatic rings. The molecule has 100 valence electrons. The molecule has 1 heterocycles. The molecule has 18 heavy (non-hydrogen) atoms. The lowest BCUT2D eigenvalue weighted by atomic mass is 9.95. The quantitative estimate of drug-likeness (QED) is 0.929. The third-order valence-corrected chi connectivity index (χ3v) is 5.45. The number of benzene rings is 1. The average molecular weight is 292 g/mol. The summed E-state index contributed by atoms with van der Waals surface area (Å²) < 4.78 is 35.8. The van der Waals surface area contributed by atoms with Crippen LogP contribution in [0.3, 0.4) is 0 Å². The number of hydrogen-bond donors (Lipinski definition) is 1. The van der Waals surface area contributed by atoms with Gasteiger partial charge < -0.3 is 5.73 Å². The molecule has 0 spiro atoms. The highest BCUT2D eigenvalue weighted by Gasteiger charge is 2.29. The van der Waals surface area contributed by atoms with E-state index in [0.717, 1.165) is 0 Å². The molecule has 3 nitrogen and oxygen atoms in total. The van der Waals surface area contributed by atoms with Crippen LogP contribution in [0.25, 0.3) is 0 Å². The summed E-state index contributed by atoms with van der Waals surface area (Å²) in [7, 11) is -2.90. The molecule has 2 rings (SSSR count). The van der Waals surface area contributed by atoms with Crippen molar-refractivity contribution in [2.75, 3.05) is 11.5 Å². The highest BCUT2D eigenvalue weighted by molar-refractivity contribution is 7.91. The Morgan fingerprint density at radius 1 is 1.50 bits per heavy atom. The zero-order chi connectivity index (χ0) is 13.3. The lowest BCUT2D eigenvalue weighted by molar-refractivity contribution is 0.479. The van der Waals surface area contributed by atoms with Crippen LogP contribution in [0.4, 0.5) is 4.39 Å². The Morgan fingerprint density at radius 2 is 2.22 bits per heavy atom. The number of halogens is 2. The highest BCUT2D eigenvalue weighted by Crippen LogP contribution is 2.31. The van der Waals surface area contributed by atoms with Crippen LogP contribution in [-0.2, 0) is 9.84 Å². The van der Waals surface area contributed by atoms with Gasteiger partial charge in [0.1, 0.15) is 5.82 Å². The molecule has 0 amide bonds. The van der Waals surface area contributed by atoms with Gasteiger partial charge in [-0.1, -0.05) is 11.6 Å². The second-order valence-electron chi connectivity index (χ2n) is 4.78. The van der Waals surface area contributed by atoms with Crippen molar-refractivity contribution in [3.63, 3.8) is 0 Å². The molecular weight excluding hydrogens is 277 g/mol. The monoisotopic (exact) mass is 291 g/mol. The van der Waals surface area contributed by atoms with Gasteiger partial charge in [-0.3, -0.25) is 0 Å². The first kappa shape index (κ1) is 13.8. The first-order valence-corrected chi connectivity index (χ1v) is 7.98. The van der Waals surface area contributed by atoms with E-state index < -0.39 is 15.9 Å². The molecule has 2 N–H and O–H groups in total. The van der Waals surface area contributed by atoms with Gasteiger partial charge in [0, 0.05) is 11.1 Å². The molecule has 1 fully saturated rings. The fraction of sp³-hybridized carbons (Fsp3) is 0.500. The summed E-state index contributed by atoms with van der Waals surface area (Å²) in [4.78, 5) is 0. The Balaban J connectivity index is 2.08. The van der Waals surface area contributed by atoms with Crippen molar-refractivity contribution in [3.8, 4) is 0 Å². The Kier molecular flexibility index (Phi) is 3.94. The van der Waals surface area contributed by atoms with Crippen molar-refractivity contribution in [1.29, 1.82) is 0 Å². The van der Waals surface area contributed by atoms with Gasteiger partial charge in [-0.2, -0.15) is 0 Å². The van der Waals surface area contributed by atoms with Crippen LogP contribution in [0.1, 0.15) is 24.4 Å². The van der Waals surface area contributed by atoms with Crippen LogP contribution in [0.5, 0.6) is 0 Å². The molecule has 0 aliphatic carbocycles. The summed E-state index contributed by atoms with van der Waals surface area (Å²) in [5, 5.41) is 0.421.